The van der Waals surface area contributed by atoms with Gasteiger partial charge in [0.05, 0.1) is 16.8 Å². The van der Waals surface area contributed by atoms with Gasteiger partial charge in [0.25, 0.3) is 0 Å². The maximum atomic E-state index is 13.8. The number of alkyl halides is 6. The van der Waals surface area contributed by atoms with Crippen molar-refractivity contribution in [1.82, 2.24) is 29.9 Å². The first-order chi connectivity index (χ1) is 22.8. The number of anilines is 2. The molecule has 4 aromatic heterocycles. The van der Waals surface area contributed by atoms with E-state index in [0.717, 1.165) is 67.7 Å². The third kappa shape index (κ3) is 6.95. The van der Waals surface area contributed by atoms with Gasteiger partial charge in [-0.25, -0.2) is 15.0 Å². The summed E-state index contributed by atoms with van der Waals surface area (Å²) in [5, 5.41) is 9.23. The van der Waals surface area contributed by atoms with Gasteiger partial charge >= 0.3 is 12.4 Å². The van der Waals surface area contributed by atoms with E-state index < -0.39 is 23.5 Å². The highest BCUT2D eigenvalue weighted by molar-refractivity contribution is 5.84. The molecule has 1 aromatic carbocycles. The maximum Gasteiger partial charge on any atom is 0.416 e. The fourth-order valence-corrected chi connectivity index (χ4v) is 6.00. The maximum absolute atomic E-state index is 13.8. The van der Waals surface area contributed by atoms with Crippen LogP contribution in [0.15, 0.2) is 53.5 Å². The van der Waals surface area contributed by atoms with Gasteiger partial charge in [0.2, 0.25) is 5.95 Å². The quantitative estimate of drug-likeness (QED) is 0.133. The minimum absolute atomic E-state index is 0.0557. The SMILES string of the molecule is Cc1nn(C)c2nc(N(CC3CC3)CC3CC3)cc(CN(Cc3cc(C(F)(F)F)cc(C(F)(F)F)c3)c3ncc(-c4ccon4)cn3)c12. The highest BCUT2D eigenvalue weighted by atomic mass is 19.4. The van der Waals surface area contributed by atoms with Gasteiger partial charge in [-0.3, -0.25) is 4.68 Å². The van der Waals surface area contributed by atoms with E-state index in [2.05, 4.69) is 25.1 Å². The molecule has 0 aliphatic heterocycles. The monoisotopic (exact) mass is 670 g/mol. The van der Waals surface area contributed by atoms with Gasteiger partial charge in [0.1, 0.15) is 17.8 Å². The predicted molar refractivity (Wildman–Crippen MR) is 165 cm³/mol. The summed E-state index contributed by atoms with van der Waals surface area (Å²) in [6, 6.07) is 5.19. The van der Waals surface area contributed by atoms with Gasteiger partial charge in [-0.05, 0) is 79.8 Å². The van der Waals surface area contributed by atoms with Crippen molar-refractivity contribution in [1.29, 1.82) is 0 Å². The lowest BCUT2D eigenvalue weighted by atomic mass is 10.0. The van der Waals surface area contributed by atoms with Crippen LogP contribution in [0, 0.1) is 18.8 Å². The minimum atomic E-state index is -4.98. The molecule has 2 saturated carbocycles. The molecule has 0 amide bonds. The van der Waals surface area contributed by atoms with Crippen LogP contribution in [0.2, 0.25) is 0 Å². The Labute approximate surface area is 271 Å². The number of benzene rings is 1. The highest BCUT2D eigenvalue weighted by Gasteiger charge is 2.37. The summed E-state index contributed by atoms with van der Waals surface area (Å²) < 4.78 is 89.5. The highest BCUT2D eigenvalue weighted by Crippen LogP contribution is 2.39. The van der Waals surface area contributed by atoms with E-state index >= 15 is 0 Å². The first-order valence-corrected chi connectivity index (χ1v) is 15.7. The largest absolute Gasteiger partial charge is 0.416 e. The molecule has 0 spiro atoms. The molecule has 7 rings (SSSR count). The number of halogens is 6. The molecule has 0 saturated heterocycles. The van der Waals surface area contributed by atoms with Gasteiger partial charge in [0, 0.05) is 62.6 Å². The van der Waals surface area contributed by atoms with Crippen molar-refractivity contribution in [2.75, 3.05) is 22.9 Å². The number of aryl methyl sites for hydroxylation is 2. The lowest BCUT2D eigenvalue weighted by Gasteiger charge is -2.27. The van der Waals surface area contributed by atoms with Crippen molar-refractivity contribution in [3.05, 3.63) is 76.9 Å². The number of rotatable bonds is 11. The Morgan fingerprint density at radius 3 is 2.02 bits per heavy atom. The summed E-state index contributed by atoms with van der Waals surface area (Å²) in [5.41, 5.74) is 0.111. The summed E-state index contributed by atoms with van der Waals surface area (Å²) >= 11 is 0. The summed E-state index contributed by atoms with van der Waals surface area (Å²) in [6.07, 6.45) is -0.974. The molecule has 15 heteroatoms. The van der Waals surface area contributed by atoms with Crippen LogP contribution < -0.4 is 9.80 Å². The Morgan fingerprint density at radius 2 is 1.48 bits per heavy atom. The second-order valence-corrected chi connectivity index (χ2v) is 12.8. The van der Waals surface area contributed by atoms with Gasteiger partial charge < -0.3 is 14.3 Å². The molecule has 2 aliphatic carbocycles. The molecular formula is C33H32F6N8O. The van der Waals surface area contributed by atoms with Crippen LogP contribution >= 0.6 is 0 Å². The molecule has 2 fully saturated rings. The van der Waals surface area contributed by atoms with Crippen molar-refractivity contribution >= 4 is 22.8 Å². The van der Waals surface area contributed by atoms with E-state index in [1.807, 2.05) is 13.0 Å². The molecule has 9 nitrogen and oxygen atoms in total. The van der Waals surface area contributed by atoms with Crippen LogP contribution in [-0.2, 0) is 32.5 Å². The van der Waals surface area contributed by atoms with Gasteiger partial charge in [-0.15, -0.1) is 0 Å². The molecule has 2 aliphatic rings. The summed E-state index contributed by atoms with van der Waals surface area (Å²) in [6.45, 7) is 3.29. The Balaban J connectivity index is 1.32. The van der Waals surface area contributed by atoms with Crippen LogP contribution in [0.5, 0.6) is 0 Å². The summed E-state index contributed by atoms with van der Waals surface area (Å²) in [4.78, 5) is 17.8. The zero-order valence-corrected chi connectivity index (χ0v) is 26.2. The van der Waals surface area contributed by atoms with Crippen molar-refractivity contribution in [3.8, 4) is 11.3 Å². The van der Waals surface area contributed by atoms with E-state index in [-0.39, 0.29) is 30.7 Å². The standard InChI is InChI=1S/C33H32F6N8O/c1-19-29-23(11-28(42-30(29)45(2)43-19)46(15-20-3-4-20)16-21-5-6-21)18-47(31-40-13-24(14-41-31)27-7-8-48-44-27)17-22-9-25(32(34,35)36)12-26(10-22)33(37,38)39/h7-14,20-21H,3-6,15-18H2,1-2H3. The summed E-state index contributed by atoms with van der Waals surface area (Å²) in [7, 11) is 1.80. The van der Waals surface area contributed by atoms with Crippen LogP contribution in [0.4, 0.5) is 38.1 Å². The fourth-order valence-electron chi connectivity index (χ4n) is 6.00. The van der Waals surface area contributed by atoms with E-state index in [1.165, 1.54) is 18.7 Å². The topological polar surface area (TPSA) is 89.0 Å². The van der Waals surface area contributed by atoms with Crippen LogP contribution in [-0.4, -0.2) is 43.0 Å². The second-order valence-electron chi connectivity index (χ2n) is 12.8. The van der Waals surface area contributed by atoms with Crippen LogP contribution in [0.1, 0.15) is 53.6 Å². The number of pyridine rings is 1. The van der Waals surface area contributed by atoms with Crippen molar-refractivity contribution < 1.29 is 30.9 Å². The Morgan fingerprint density at radius 1 is 0.854 bits per heavy atom. The van der Waals surface area contributed by atoms with Crippen LogP contribution in [0.25, 0.3) is 22.3 Å². The minimum Gasteiger partial charge on any atom is -0.364 e. The lowest BCUT2D eigenvalue weighted by Crippen LogP contribution is -2.30. The molecule has 0 N–H and O–H groups in total. The Bertz CT molecular complexity index is 1870. The second kappa shape index (κ2) is 12.1. The van der Waals surface area contributed by atoms with Crippen LogP contribution in [0.3, 0.4) is 0 Å². The fraction of sp³-hybridized carbons (Fsp3) is 0.424. The van der Waals surface area contributed by atoms with Crippen molar-refractivity contribution in [3.63, 3.8) is 0 Å². The third-order valence-corrected chi connectivity index (χ3v) is 8.75. The zero-order valence-electron chi connectivity index (χ0n) is 26.2. The van der Waals surface area contributed by atoms with Gasteiger partial charge in [0.15, 0.2) is 5.65 Å². The molecule has 5 aromatic rings. The molecule has 0 bridgehead atoms. The van der Waals surface area contributed by atoms with Gasteiger partial charge in [-0.1, -0.05) is 5.16 Å². The Kier molecular flexibility index (Phi) is 8.03. The number of fused-ring (bicyclic) bond motifs is 1. The molecule has 0 radical (unpaired) electrons. The van der Waals surface area contributed by atoms with Crippen molar-refractivity contribution in [2.45, 2.75) is 58.0 Å². The molecule has 252 valence electrons. The third-order valence-electron chi connectivity index (χ3n) is 8.75. The zero-order chi connectivity index (χ0) is 33.8. The van der Waals surface area contributed by atoms with E-state index in [4.69, 9.17) is 9.51 Å². The first-order valence-electron chi connectivity index (χ1n) is 15.7. The molecule has 48 heavy (non-hydrogen) atoms. The van der Waals surface area contributed by atoms with E-state index in [0.29, 0.717) is 34.4 Å². The number of nitrogens with zero attached hydrogens (tertiary/aromatic N) is 8. The van der Waals surface area contributed by atoms with E-state index in [1.54, 1.807) is 22.7 Å². The molecular weight excluding hydrogens is 638 g/mol. The number of hydrogen-bond donors (Lipinski definition) is 0. The first kappa shape index (κ1) is 31.9. The number of hydrogen-bond acceptors (Lipinski definition) is 8. The Hall–Kier alpha value is -4.69. The average molecular weight is 671 g/mol. The normalized spacial score (nSPS) is 15.3. The average Bonchev–Trinajstić information content (AvgIpc) is 3.96. The summed E-state index contributed by atoms with van der Waals surface area (Å²) in [5.74, 6) is 2.05. The van der Waals surface area contributed by atoms with Crippen molar-refractivity contribution in [2.24, 2.45) is 18.9 Å². The molecule has 4 heterocycles. The lowest BCUT2D eigenvalue weighted by molar-refractivity contribution is -0.143. The molecule has 0 atom stereocenters. The predicted octanol–water partition coefficient (Wildman–Crippen LogP) is 7.59. The number of aromatic nitrogens is 6. The smallest absolute Gasteiger partial charge is 0.364 e. The van der Waals surface area contributed by atoms with Gasteiger partial charge in [-0.2, -0.15) is 31.4 Å². The molecule has 0 unspecified atom stereocenters. The van der Waals surface area contributed by atoms with E-state index in [9.17, 15) is 26.3 Å².